The first-order valence-electron chi connectivity index (χ1n) is 5.85. The lowest BCUT2D eigenvalue weighted by atomic mass is 10.1. The van der Waals surface area contributed by atoms with Gasteiger partial charge in [0.25, 0.3) is 0 Å². The molecule has 0 radical (unpaired) electrons. The van der Waals surface area contributed by atoms with Gasteiger partial charge in [0.1, 0.15) is 10.2 Å². The van der Waals surface area contributed by atoms with Crippen LogP contribution >= 0.6 is 12.2 Å². The van der Waals surface area contributed by atoms with Crippen LogP contribution in [-0.4, -0.2) is 20.6 Å². The Morgan fingerprint density at radius 3 is 2.56 bits per heavy atom. The number of anilines is 2. The van der Waals surface area contributed by atoms with Crippen molar-refractivity contribution < 1.29 is 0 Å². The minimum absolute atomic E-state index is 0.0205. The van der Waals surface area contributed by atoms with Gasteiger partial charge in [0, 0.05) is 20.6 Å². The van der Waals surface area contributed by atoms with Crippen LogP contribution in [0.2, 0.25) is 0 Å². The predicted molar refractivity (Wildman–Crippen MR) is 72.9 cm³/mol. The Morgan fingerprint density at radius 2 is 2.00 bits per heavy atom. The van der Waals surface area contributed by atoms with Crippen molar-refractivity contribution in [3.8, 4) is 0 Å². The molecule has 16 heavy (non-hydrogen) atoms. The van der Waals surface area contributed by atoms with E-state index in [1.165, 1.54) is 19.3 Å². The van der Waals surface area contributed by atoms with Crippen LogP contribution < -0.4 is 15.6 Å². The highest BCUT2D eigenvalue weighted by Gasteiger charge is 2.19. The molecule has 0 aliphatic carbocycles. The fourth-order valence-corrected chi connectivity index (χ4v) is 2.22. The Labute approximate surface area is 102 Å². The van der Waals surface area contributed by atoms with Gasteiger partial charge in [0.15, 0.2) is 0 Å². The molecular weight excluding hydrogens is 220 g/mol. The van der Waals surface area contributed by atoms with Crippen LogP contribution in [0.5, 0.6) is 0 Å². The Balaban J connectivity index is 2.53. The Kier molecular flexibility index (Phi) is 4.93. The molecular formula is C12H20N2OS. The topological polar surface area (TPSA) is 32.3 Å². The molecule has 0 atom stereocenters. The summed E-state index contributed by atoms with van der Waals surface area (Å²) in [7, 11) is 3.76. The van der Waals surface area contributed by atoms with E-state index < -0.39 is 0 Å². The molecule has 0 aliphatic heterocycles. The molecule has 0 aliphatic rings. The molecule has 1 rings (SSSR count). The third-order valence-electron chi connectivity index (χ3n) is 2.86. The van der Waals surface area contributed by atoms with E-state index in [2.05, 4.69) is 17.1 Å². The van der Waals surface area contributed by atoms with Crippen molar-refractivity contribution in [2.75, 3.05) is 30.9 Å². The first-order valence-corrected chi connectivity index (χ1v) is 6.26. The summed E-state index contributed by atoms with van der Waals surface area (Å²) in [5.74, 6) is 0. The van der Waals surface area contributed by atoms with Gasteiger partial charge in [-0.3, -0.25) is 4.79 Å². The fourth-order valence-electron chi connectivity index (χ4n) is 1.86. The standard InChI is InChI=1S/C12H20N2OS/c1-4-5-6-7-8-14(3)10-9(13-2)11(15)12(10)16/h13H,4-8H2,1-3H3. The molecule has 1 aromatic carbocycles. The van der Waals surface area contributed by atoms with Crippen molar-refractivity contribution in [2.24, 2.45) is 0 Å². The van der Waals surface area contributed by atoms with Gasteiger partial charge in [-0.25, -0.2) is 0 Å². The van der Waals surface area contributed by atoms with Gasteiger partial charge < -0.3 is 10.2 Å². The van der Waals surface area contributed by atoms with Crippen molar-refractivity contribution >= 4 is 23.6 Å². The first-order chi connectivity index (χ1) is 7.63. The minimum atomic E-state index is -0.0205. The van der Waals surface area contributed by atoms with Gasteiger partial charge in [-0.2, -0.15) is 0 Å². The molecule has 0 unspecified atom stereocenters. The Morgan fingerprint density at radius 1 is 1.31 bits per heavy atom. The van der Waals surface area contributed by atoms with Crippen LogP contribution in [0.25, 0.3) is 0 Å². The highest BCUT2D eigenvalue weighted by molar-refractivity contribution is 7.71. The number of hydrogen-bond acceptors (Lipinski definition) is 4. The lowest BCUT2D eigenvalue weighted by Crippen LogP contribution is -2.28. The summed E-state index contributed by atoms with van der Waals surface area (Å²) in [4.78, 5) is 13.5. The van der Waals surface area contributed by atoms with Crippen molar-refractivity contribution in [3.63, 3.8) is 0 Å². The summed E-state index contributed by atoms with van der Waals surface area (Å²) < 4.78 is 0.474. The number of hydrogen-bond donors (Lipinski definition) is 1. The molecule has 0 amide bonds. The van der Waals surface area contributed by atoms with E-state index in [-0.39, 0.29) is 5.43 Å². The van der Waals surface area contributed by atoms with Crippen LogP contribution in [0, 0.1) is 4.51 Å². The van der Waals surface area contributed by atoms with Gasteiger partial charge in [-0.05, 0) is 6.42 Å². The summed E-state index contributed by atoms with van der Waals surface area (Å²) in [6, 6.07) is 0. The third kappa shape index (κ3) is 2.61. The number of nitrogens with zero attached hydrogens (tertiary/aromatic N) is 1. The molecule has 1 N–H and O–H groups in total. The van der Waals surface area contributed by atoms with Crippen LogP contribution in [0.15, 0.2) is 4.79 Å². The summed E-state index contributed by atoms with van der Waals surface area (Å²) in [5, 5.41) is 2.92. The Hall–Kier alpha value is -0.900. The Bertz CT molecular complexity index is 407. The van der Waals surface area contributed by atoms with E-state index >= 15 is 0 Å². The average molecular weight is 240 g/mol. The SMILES string of the molecule is CCCCCCN(C)c1c(NC)c(=O)c1=S. The molecule has 3 nitrogen and oxygen atoms in total. The maximum atomic E-state index is 11.4. The van der Waals surface area contributed by atoms with E-state index in [1.54, 1.807) is 7.05 Å². The number of unbranched alkanes of at least 4 members (excludes halogenated alkanes) is 3. The minimum Gasteiger partial charge on any atom is -0.383 e. The second kappa shape index (κ2) is 5.99. The second-order valence-electron chi connectivity index (χ2n) is 4.11. The smallest absolute Gasteiger partial charge is 0.223 e. The molecule has 1 aromatic rings. The largest absolute Gasteiger partial charge is 0.383 e. The van der Waals surface area contributed by atoms with E-state index in [0.29, 0.717) is 10.2 Å². The number of nitrogens with one attached hydrogen (secondary N) is 1. The monoisotopic (exact) mass is 240 g/mol. The lowest BCUT2D eigenvalue weighted by Gasteiger charge is -2.24. The van der Waals surface area contributed by atoms with Gasteiger partial charge in [0.2, 0.25) is 5.43 Å². The van der Waals surface area contributed by atoms with Gasteiger partial charge >= 0.3 is 0 Å². The zero-order valence-corrected chi connectivity index (χ0v) is 11.1. The highest BCUT2D eigenvalue weighted by Crippen LogP contribution is 2.26. The molecule has 0 heterocycles. The summed E-state index contributed by atoms with van der Waals surface area (Å²) in [5.41, 5.74) is 1.56. The predicted octanol–water partition coefficient (Wildman–Crippen LogP) is 2.71. The lowest BCUT2D eigenvalue weighted by molar-refractivity contribution is 0.660. The number of rotatable bonds is 7. The second-order valence-corrected chi connectivity index (χ2v) is 4.52. The summed E-state index contributed by atoms with van der Waals surface area (Å²) in [6.07, 6.45) is 4.91. The van der Waals surface area contributed by atoms with E-state index in [9.17, 15) is 4.79 Å². The molecule has 4 heteroatoms. The average Bonchev–Trinajstić information content (AvgIpc) is 2.29. The third-order valence-corrected chi connectivity index (χ3v) is 3.24. The van der Waals surface area contributed by atoms with E-state index in [0.717, 1.165) is 18.7 Å². The maximum absolute atomic E-state index is 11.4. The van der Waals surface area contributed by atoms with Crippen LogP contribution in [-0.2, 0) is 0 Å². The maximum Gasteiger partial charge on any atom is 0.223 e. The van der Waals surface area contributed by atoms with Gasteiger partial charge in [-0.15, -0.1) is 0 Å². The van der Waals surface area contributed by atoms with Crippen molar-refractivity contribution in [3.05, 3.63) is 14.7 Å². The van der Waals surface area contributed by atoms with E-state index in [4.69, 9.17) is 12.2 Å². The molecule has 0 saturated heterocycles. The van der Waals surface area contributed by atoms with Gasteiger partial charge in [0.05, 0.1) is 5.69 Å². The van der Waals surface area contributed by atoms with Crippen molar-refractivity contribution in [1.82, 2.24) is 0 Å². The normalized spacial score (nSPS) is 10.7. The zero-order chi connectivity index (χ0) is 12.1. The van der Waals surface area contributed by atoms with Crippen molar-refractivity contribution in [2.45, 2.75) is 32.6 Å². The molecule has 0 aromatic heterocycles. The van der Waals surface area contributed by atoms with Crippen LogP contribution in [0.4, 0.5) is 11.4 Å². The van der Waals surface area contributed by atoms with Crippen LogP contribution in [0.1, 0.15) is 32.6 Å². The fraction of sp³-hybridized carbons (Fsp3) is 0.667. The molecule has 0 fully saturated rings. The quantitative estimate of drug-likeness (QED) is 0.587. The van der Waals surface area contributed by atoms with Gasteiger partial charge in [-0.1, -0.05) is 38.4 Å². The zero-order valence-electron chi connectivity index (χ0n) is 10.3. The molecule has 0 saturated carbocycles. The highest BCUT2D eigenvalue weighted by atomic mass is 32.1. The van der Waals surface area contributed by atoms with Crippen LogP contribution in [0.3, 0.4) is 0 Å². The molecule has 90 valence electrons. The molecule has 0 spiro atoms. The molecule has 0 bridgehead atoms. The summed E-state index contributed by atoms with van der Waals surface area (Å²) >= 11 is 5.06. The summed E-state index contributed by atoms with van der Waals surface area (Å²) in [6.45, 7) is 3.17. The van der Waals surface area contributed by atoms with Crippen molar-refractivity contribution in [1.29, 1.82) is 0 Å². The van der Waals surface area contributed by atoms with E-state index in [1.807, 2.05) is 7.05 Å². The first kappa shape index (κ1) is 13.2.